The van der Waals surface area contributed by atoms with Crippen molar-refractivity contribution in [2.24, 2.45) is 0 Å². The summed E-state index contributed by atoms with van der Waals surface area (Å²) in [4.78, 5) is 4.74. The first-order chi connectivity index (χ1) is 17.0. The molecule has 4 rings (SSSR count). The van der Waals surface area contributed by atoms with Crippen molar-refractivity contribution in [3.63, 3.8) is 0 Å². The van der Waals surface area contributed by atoms with Crippen molar-refractivity contribution >= 4 is 11.6 Å². The van der Waals surface area contributed by atoms with Gasteiger partial charge in [-0.15, -0.1) is 0 Å². The molecule has 1 heterocycles. The Labute approximate surface area is 212 Å². The predicted octanol–water partition coefficient (Wildman–Crippen LogP) is 4.96. The second kappa shape index (κ2) is 11.8. The van der Waals surface area contributed by atoms with Crippen LogP contribution in [0.5, 0.6) is 17.2 Å². The highest BCUT2D eigenvalue weighted by atomic mass is 35.5. The maximum absolute atomic E-state index is 11.4. The van der Waals surface area contributed by atoms with Gasteiger partial charge in [0.15, 0.2) is 11.5 Å². The third kappa shape index (κ3) is 5.73. The van der Waals surface area contributed by atoms with Crippen LogP contribution in [0.15, 0.2) is 66.7 Å². The van der Waals surface area contributed by atoms with E-state index in [1.807, 2.05) is 66.7 Å². The Bertz CT molecular complexity index is 1080. The third-order valence-corrected chi connectivity index (χ3v) is 6.94. The van der Waals surface area contributed by atoms with Crippen LogP contribution in [0.1, 0.15) is 28.8 Å². The lowest BCUT2D eigenvalue weighted by atomic mass is 9.93. The van der Waals surface area contributed by atoms with Gasteiger partial charge in [0.05, 0.1) is 33.5 Å². The molecule has 0 bridgehead atoms. The van der Waals surface area contributed by atoms with Crippen molar-refractivity contribution in [1.82, 2.24) is 9.80 Å². The van der Waals surface area contributed by atoms with E-state index in [1.165, 1.54) is 0 Å². The Hall–Kier alpha value is -2.77. The van der Waals surface area contributed by atoms with E-state index in [-0.39, 0.29) is 6.04 Å². The van der Waals surface area contributed by atoms with Crippen molar-refractivity contribution in [2.45, 2.75) is 18.7 Å². The molecule has 0 aromatic heterocycles. The average Bonchev–Trinajstić information content (AvgIpc) is 2.90. The monoisotopic (exact) mass is 496 g/mol. The molecule has 1 N–H and O–H groups in total. The summed E-state index contributed by atoms with van der Waals surface area (Å²) in [5.41, 5.74) is 2.93. The first-order valence-corrected chi connectivity index (χ1v) is 12.2. The van der Waals surface area contributed by atoms with Crippen LogP contribution in [-0.4, -0.2) is 62.4 Å². The maximum Gasteiger partial charge on any atom is 0.203 e. The van der Waals surface area contributed by atoms with Crippen molar-refractivity contribution in [1.29, 1.82) is 0 Å². The van der Waals surface area contributed by atoms with Gasteiger partial charge < -0.3 is 19.3 Å². The molecular weight excluding hydrogens is 464 g/mol. The highest BCUT2D eigenvalue weighted by molar-refractivity contribution is 6.31. The highest BCUT2D eigenvalue weighted by Crippen LogP contribution is 2.40. The molecule has 2 unspecified atom stereocenters. The summed E-state index contributed by atoms with van der Waals surface area (Å²) in [5.74, 6) is 1.91. The molecule has 1 aliphatic rings. The zero-order chi connectivity index (χ0) is 24.8. The minimum Gasteiger partial charge on any atom is -0.493 e. The largest absolute Gasteiger partial charge is 0.493 e. The lowest BCUT2D eigenvalue weighted by molar-refractivity contribution is 0.0149. The van der Waals surface area contributed by atoms with Crippen LogP contribution >= 0.6 is 11.6 Å². The molecular formula is C28H33ClN2O4. The topological polar surface area (TPSA) is 54.4 Å². The zero-order valence-electron chi connectivity index (χ0n) is 20.5. The molecule has 35 heavy (non-hydrogen) atoms. The highest BCUT2D eigenvalue weighted by Gasteiger charge is 2.32. The number of ether oxygens (including phenoxy) is 3. The Morgan fingerprint density at radius 2 is 1.43 bits per heavy atom. The number of nitrogens with zero attached hydrogens (tertiary/aromatic N) is 2. The van der Waals surface area contributed by atoms with E-state index in [1.54, 1.807) is 21.3 Å². The van der Waals surface area contributed by atoms with Gasteiger partial charge in [-0.3, -0.25) is 9.80 Å². The summed E-state index contributed by atoms with van der Waals surface area (Å²) in [6.45, 7) is 4.11. The molecule has 0 radical (unpaired) electrons. The Morgan fingerprint density at radius 3 is 2.00 bits per heavy atom. The van der Waals surface area contributed by atoms with Gasteiger partial charge in [0.1, 0.15) is 0 Å². The van der Waals surface area contributed by atoms with Gasteiger partial charge in [-0.2, -0.15) is 0 Å². The lowest BCUT2D eigenvalue weighted by Crippen LogP contribution is -2.48. The fraction of sp³-hybridized carbons (Fsp3) is 0.357. The van der Waals surface area contributed by atoms with E-state index in [9.17, 15) is 5.11 Å². The van der Waals surface area contributed by atoms with Crippen molar-refractivity contribution in [3.8, 4) is 17.2 Å². The standard InChI is InChI=1S/C28H33ClN2O4/c1-33-24-17-20(18-25(34-2)28(24)35-3)19-30-13-15-31(16-14-30)26(22-11-7-8-12-23(22)29)27(32)21-9-5-4-6-10-21/h4-12,17-18,26-27,32H,13-16,19H2,1-3H3. The number of aliphatic hydroxyl groups is 1. The second-order valence-electron chi connectivity index (χ2n) is 8.67. The van der Waals surface area contributed by atoms with E-state index in [2.05, 4.69) is 9.80 Å². The molecule has 1 aliphatic heterocycles. The summed E-state index contributed by atoms with van der Waals surface area (Å²) in [6, 6.07) is 21.4. The normalized spacial score (nSPS) is 16.5. The van der Waals surface area contributed by atoms with Gasteiger partial charge in [0.25, 0.3) is 0 Å². The summed E-state index contributed by atoms with van der Waals surface area (Å²) in [7, 11) is 4.87. The second-order valence-corrected chi connectivity index (χ2v) is 9.07. The summed E-state index contributed by atoms with van der Waals surface area (Å²) < 4.78 is 16.5. The average molecular weight is 497 g/mol. The van der Waals surface area contributed by atoms with Gasteiger partial charge in [-0.25, -0.2) is 0 Å². The van der Waals surface area contributed by atoms with E-state index in [4.69, 9.17) is 25.8 Å². The molecule has 3 aromatic rings. The molecule has 1 fully saturated rings. The quantitative estimate of drug-likeness (QED) is 0.452. The number of halogens is 1. The number of hydrogen-bond donors (Lipinski definition) is 1. The Morgan fingerprint density at radius 1 is 0.829 bits per heavy atom. The van der Waals surface area contributed by atoms with Crippen LogP contribution in [-0.2, 0) is 6.54 Å². The number of piperazine rings is 1. The third-order valence-electron chi connectivity index (χ3n) is 6.60. The molecule has 3 aromatic carbocycles. The number of methoxy groups -OCH3 is 3. The van der Waals surface area contributed by atoms with Crippen molar-refractivity contribution < 1.29 is 19.3 Å². The molecule has 1 saturated heterocycles. The van der Waals surface area contributed by atoms with Crippen molar-refractivity contribution in [2.75, 3.05) is 47.5 Å². The molecule has 7 heteroatoms. The van der Waals surface area contributed by atoms with E-state index in [0.717, 1.165) is 49.4 Å². The zero-order valence-corrected chi connectivity index (χ0v) is 21.2. The van der Waals surface area contributed by atoms with Crippen LogP contribution in [0, 0.1) is 0 Å². The molecule has 6 nitrogen and oxygen atoms in total. The van der Waals surface area contributed by atoms with Gasteiger partial charge in [-0.1, -0.05) is 60.1 Å². The molecule has 0 saturated carbocycles. The van der Waals surface area contributed by atoms with Gasteiger partial charge in [0.2, 0.25) is 5.75 Å². The smallest absolute Gasteiger partial charge is 0.203 e. The van der Waals surface area contributed by atoms with E-state index < -0.39 is 6.10 Å². The molecule has 186 valence electrons. The Kier molecular flexibility index (Phi) is 8.52. The maximum atomic E-state index is 11.4. The number of benzene rings is 3. The first kappa shape index (κ1) is 25.3. The molecule has 0 spiro atoms. The summed E-state index contributed by atoms with van der Waals surface area (Å²) in [6.07, 6.45) is -0.683. The van der Waals surface area contributed by atoms with Crippen LogP contribution in [0.3, 0.4) is 0 Å². The van der Waals surface area contributed by atoms with Crippen molar-refractivity contribution in [3.05, 3.63) is 88.4 Å². The number of aliphatic hydroxyl groups excluding tert-OH is 1. The summed E-state index contributed by atoms with van der Waals surface area (Å²) in [5, 5.41) is 12.1. The van der Waals surface area contributed by atoms with Gasteiger partial charge >= 0.3 is 0 Å². The molecule has 0 aliphatic carbocycles. The van der Waals surface area contributed by atoms with Crippen LogP contribution < -0.4 is 14.2 Å². The molecule has 0 amide bonds. The first-order valence-electron chi connectivity index (χ1n) is 11.8. The fourth-order valence-electron chi connectivity index (χ4n) is 4.80. The van der Waals surface area contributed by atoms with Gasteiger partial charge in [-0.05, 0) is 34.9 Å². The molecule has 2 atom stereocenters. The number of rotatable bonds is 9. The predicted molar refractivity (Wildman–Crippen MR) is 139 cm³/mol. The van der Waals surface area contributed by atoms with Crippen LogP contribution in [0.2, 0.25) is 5.02 Å². The van der Waals surface area contributed by atoms with Gasteiger partial charge in [0, 0.05) is 37.7 Å². The minimum absolute atomic E-state index is 0.227. The van der Waals surface area contributed by atoms with E-state index >= 15 is 0 Å². The SMILES string of the molecule is COc1cc(CN2CCN(C(c3ccccc3Cl)C(O)c3ccccc3)CC2)cc(OC)c1OC. The fourth-order valence-corrected chi connectivity index (χ4v) is 5.05. The lowest BCUT2D eigenvalue weighted by Gasteiger charge is -2.41. The summed E-state index contributed by atoms with van der Waals surface area (Å²) >= 11 is 6.61. The van der Waals surface area contributed by atoms with Crippen LogP contribution in [0.25, 0.3) is 0 Å². The van der Waals surface area contributed by atoms with E-state index in [0.29, 0.717) is 22.3 Å². The number of hydrogen-bond acceptors (Lipinski definition) is 6. The Balaban J connectivity index is 1.51. The van der Waals surface area contributed by atoms with Crippen LogP contribution in [0.4, 0.5) is 0 Å². The minimum atomic E-state index is -0.683.